The van der Waals surface area contributed by atoms with Gasteiger partial charge >= 0.3 is 0 Å². The molecule has 0 aromatic carbocycles. The highest BCUT2D eigenvalue weighted by Gasteiger charge is 2.17. The monoisotopic (exact) mass is 317 g/mol. The van der Waals surface area contributed by atoms with Crippen LogP contribution >= 0.6 is 0 Å². The number of pyridine rings is 1. The maximum atomic E-state index is 12.5. The molecule has 2 rings (SSSR count). The van der Waals surface area contributed by atoms with Gasteiger partial charge in [-0.3, -0.25) is 4.79 Å². The van der Waals surface area contributed by atoms with E-state index in [9.17, 15) is 4.79 Å². The number of aromatic nitrogens is 3. The Labute approximate surface area is 137 Å². The van der Waals surface area contributed by atoms with Crippen molar-refractivity contribution in [3.63, 3.8) is 0 Å². The van der Waals surface area contributed by atoms with Crippen LogP contribution in [0.15, 0.2) is 12.4 Å². The SMILES string of the molecule is CCCCNC(=O)c1cnc2c(cnn2CC)c1NCCCC. The van der Waals surface area contributed by atoms with Gasteiger partial charge in [-0.05, 0) is 19.8 Å². The third-order valence-electron chi connectivity index (χ3n) is 3.86. The van der Waals surface area contributed by atoms with Crippen LogP contribution in [-0.2, 0) is 6.54 Å². The fourth-order valence-corrected chi connectivity index (χ4v) is 2.48. The van der Waals surface area contributed by atoms with Crippen molar-refractivity contribution < 1.29 is 4.79 Å². The van der Waals surface area contributed by atoms with Gasteiger partial charge < -0.3 is 10.6 Å². The summed E-state index contributed by atoms with van der Waals surface area (Å²) in [7, 11) is 0. The molecule has 6 nitrogen and oxygen atoms in total. The van der Waals surface area contributed by atoms with Crippen LogP contribution in [0.5, 0.6) is 0 Å². The standard InChI is InChI=1S/C17H27N5O/c1-4-7-9-18-15-13-12-21-22(6-3)16(13)20-11-14(15)17(23)19-10-8-5-2/h11-12H,4-10H2,1-3H3,(H,18,20)(H,19,23). The number of carbonyl (C=O) groups is 1. The van der Waals surface area contributed by atoms with E-state index >= 15 is 0 Å². The number of hydrogen-bond donors (Lipinski definition) is 2. The first-order chi connectivity index (χ1) is 11.2. The van der Waals surface area contributed by atoms with Crippen LogP contribution in [0.2, 0.25) is 0 Å². The lowest BCUT2D eigenvalue weighted by atomic mass is 10.1. The minimum absolute atomic E-state index is 0.0731. The van der Waals surface area contributed by atoms with Crippen LogP contribution in [0.1, 0.15) is 56.8 Å². The second-order valence-corrected chi connectivity index (χ2v) is 5.63. The molecular formula is C17H27N5O. The van der Waals surface area contributed by atoms with Crippen molar-refractivity contribution >= 4 is 22.6 Å². The molecule has 0 radical (unpaired) electrons. The van der Waals surface area contributed by atoms with Crippen LogP contribution in [0.4, 0.5) is 5.69 Å². The van der Waals surface area contributed by atoms with Crippen molar-refractivity contribution in [2.24, 2.45) is 0 Å². The van der Waals surface area contributed by atoms with Gasteiger partial charge in [0, 0.05) is 25.8 Å². The van der Waals surface area contributed by atoms with Crippen molar-refractivity contribution in [3.8, 4) is 0 Å². The van der Waals surface area contributed by atoms with E-state index in [1.54, 1.807) is 12.4 Å². The zero-order chi connectivity index (χ0) is 16.7. The Kier molecular flexibility index (Phi) is 6.38. The van der Waals surface area contributed by atoms with Crippen LogP contribution in [0, 0.1) is 0 Å². The number of rotatable bonds is 9. The van der Waals surface area contributed by atoms with E-state index in [0.717, 1.165) is 55.5 Å². The van der Waals surface area contributed by atoms with E-state index in [0.29, 0.717) is 12.1 Å². The van der Waals surface area contributed by atoms with Crippen LogP contribution in [0.25, 0.3) is 11.0 Å². The molecule has 0 aliphatic heterocycles. The minimum Gasteiger partial charge on any atom is -0.384 e. The second-order valence-electron chi connectivity index (χ2n) is 5.63. The van der Waals surface area contributed by atoms with Crippen molar-refractivity contribution in [2.75, 3.05) is 18.4 Å². The third kappa shape index (κ3) is 4.00. The number of anilines is 1. The summed E-state index contributed by atoms with van der Waals surface area (Å²) in [5.74, 6) is -0.0731. The average Bonchev–Trinajstić information content (AvgIpc) is 2.98. The summed E-state index contributed by atoms with van der Waals surface area (Å²) in [6, 6.07) is 0. The molecule has 2 heterocycles. The maximum Gasteiger partial charge on any atom is 0.254 e. The van der Waals surface area contributed by atoms with Crippen molar-refractivity contribution in [3.05, 3.63) is 18.0 Å². The normalized spacial score (nSPS) is 10.9. The lowest BCUT2D eigenvalue weighted by molar-refractivity contribution is 0.0953. The number of hydrogen-bond acceptors (Lipinski definition) is 4. The molecule has 0 bridgehead atoms. The van der Waals surface area contributed by atoms with Gasteiger partial charge in [-0.1, -0.05) is 26.7 Å². The molecule has 2 N–H and O–H groups in total. The molecule has 1 amide bonds. The molecule has 2 aromatic rings. The Morgan fingerprint density at radius 3 is 2.57 bits per heavy atom. The lowest BCUT2D eigenvalue weighted by Gasteiger charge is -2.13. The van der Waals surface area contributed by atoms with Crippen LogP contribution in [0.3, 0.4) is 0 Å². The first kappa shape index (κ1) is 17.2. The Bertz CT molecular complexity index is 650. The number of aryl methyl sites for hydroxylation is 1. The number of amides is 1. The van der Waals surface area contributed by atoms with E-state index in [1.807, 2.05) is 11.6 Å². The first-order valence-electron chi connectivity index (χ1n) is 8.59. The molecule has 126 valence electrons. The van der Waals surface area contributed by atoms with Gasteiger partial charge in [0.25, 0.3) is 5.91 Å². The summed E-state index contributed by atoms with van der Waals surface area (Å²) in [6.45, 7) is 8.57. The number of fused-ring (bicyclic) bond motifs is 1. The van der Waals surface area contributed by atoms with Gasteiger partial charge in [0.1, 0.15) is 0 Å². The van der Waals surface area contributed by atoms with Crippen molar-refractivity contribution in [2.45, 2.75) is 53.0 Å². The fraction of sp³-hybridized carbons (Fsp3) is 0.588. The first-order valence-corrected chi connectivity index (χ1v) is 8.59. The molecule has 6 heteroatoms. The molecule has 0 saturated heterocycles. The van der Waals surface area contributed by atoms with Gasteiger partial charge in [0.15, 0.2) is 5.65 Å². The van der Waals surface area contributed by atoms with Crippen molar-refractivity contribution in [1.29, 1.82) is 0 Å². The summed E-state index contributed by atoms with van der Waals surface area (Å²) in [4.78, 5) is 16.9. The number of nitrogens with zero attached hydrogens (tertiary/aromatic N) is 3. The van der Waals surface area contributed by atoms with Gasteiger partial charge in [-0.15, -0.1) is 0 Å². The molecule has 0 aliphatic rings. The molecule has 2 aromatic heterocycles. The predicted molar refractivity (Wildman–Crippen MR) is 93.8 cm³/mol. The van der Waals surface area contributed by atoms with Crippen molar-refractivity contribution in [1.82, 2.24) is 20.1 Å². The van der Waals surface area contributed by atoms with E-state index in [-0.39, 0.29) is 5.91 Å². The van der Waals surface area contributed by atoms with Crippen LogP contribution in [-0.4, -0.2) is 33.8 Å². The number of carbonyl (C=O) groups excluding carboxylic acids is 1. The zero-order valence-corrected chi connectivity index (χ0v) is 14.4. The molecule has 0 atom stereocenters. The van der Waals surface area contributed by atoms with E-state index < -0.39 is 0 Å². The fourth-order valence-electron chi connectivity index (χ4n) is 2.48. The molecule has 0 unspecified atom stereocenters. The average molecular weight is 317 g/mol. The van der Waals surface area contributed by atoms with Crippen LogP contribution < -0.4 is 10.6 Å². The topological polar surface area (TPSA) is 71.8 Å². The summed E-state index contributed by atoms with van der Waals surface area (Å²) in [5, 5.41) is 11.7. The molecule has 0 fully saturated rings. The van der Waals surface area contributed by atoms with E-state index in [2.05, 4.69) is 34.6 Å². The van der Waals surface area contributed by atoms with Gasteiger partial charge in [0.2, 0.25) is 0 Å². The summed E-state index contributed by atoms with van der Waals surface area (Å²) in [6.07, 6.45) is 7.65. The smallest absolute Gasteiger partial charge is 0.254 e. The second kappa shape index (κ2) is 8.50. The van der Waals surface area contributed by atoms with Gasteiger partial charge in [0.05, 0.1) is 22.8 Å². The highest BCUT2D eigenvalue weighted by atomic mass is 16.1. The molecule has 23 heavy (non-hydrogen) atoms. The summed E-state index contributed by atoms with van der Waals surface area (Å²) >= 11 is 0. The molecule has 0 aliphatic carbocycles. The Morgan fingerprint density at radius 2 is 1.87 bits per heavy atom. The highest BCUT2D eigenvalue weighted by molar-refractivity contribution is 6.06. The third-order valence-corrected chi connectivity index (χ3v) is 3.86. The summed E-state index contributed by atoms with van der Waals surface area (Å²) < 4.78 is 1.85. The number of unbranched alkanes of at least 4 members (excludes halogenated alkanes) is 2. The van der Waals surface area contributed by atoms with Gasteiger partial charge in [-0.2, -0.15) is 5.10 Å². The Hall–Kier alpha value is -2.11. The minimum atomic E-state index is -0.0731. The quantitative estimate of drug-likeness (QED) is 0.697. The van der Waals surface area contributed by atoms with Gasteiger partial charge in [-0.25, -0.2) is 9.67 Å². The highest BCUT2D eigenvalue weighted by Crippen LogP contribution is 2.26. The number of nitrogens with one attached hydrogen (secondary N) is 2. The molecule has 0 saturated carbocycles. The Balaban J connectivity index is 2.33. The largest absolute Gasteiger partial charge is 0.384 e. The Morgan fingerprint density at radius 1 is 1.13 bits per heavy atom. The predicted octanol–water partition coefficient (Wildman–Crippen LogP) is 3.19. The summed E-state index contributed by atoms with van der Waals surface area (Å²) in [5.41, 5.74) is 2.26. The maximum absolute atomic E-state index is 12.5. The molecule has 0 spiro atoms. The zero-order valence-electron chi connectivity index (χ0n) is 14.4. The van der Waals surface area contributed by atoms with E-state index in [4.69, 9.17) is 0 Å². The molecular weight excluding hydrogens is 290 g/mol. The van der Waals surface area contributed by atoms with E-state index in [1.165, 1.54) is 0 Å². The lowest BCUT2D eigenvalue weighted by Crippen LogP contribution is -2.25.